The fourth-order valence-corrected chi connectivity index (χ4v) is 3.83. The van der Waals surface area contributed by atoms with Gasteiger partial charge in [0.1, 0.15) is 5.82 Å². The average molecular weight is 293 g/mol. The van der Waals surface area contributed by atoms with Crippen LogP contribution in [0, 0.1) is 13.8 Å². The number of aromatic nitrogens is 1. The number of aryl methyl sites for hydroxylation is 2. The van der Waals surface area contributed by atoms with Gasteiger partial charge in [0.25, 0.3) is 0 Å². The number of hydrogen-bond acceptors (Lipinski definition) is 4. The Kier molecular flexibility index (Phi) is 4.97. The molecule has 20 heavy (non-hydrogen) atoms. The van der Waals surface area contributed by atoms with Gasteiger partial charge >= 0.3 is 0 Å². The second kappa shape index (κ2) is 6.35. The third kappa shape index (κ3) is 3.67. The number of thioether (sulfide) groups is 1. The van der Waals surface area contributed by atoms with Crippen LogP contribution in [0.25, 0.3) is 0 Å². The van der Waals surface area contributed by atoms with Crippen molar-refractivity contribution < 1.29 is 0 Å². The number of anilines is 1. The zero-order valence-corrected chi connectivity index (χ0v) is 14.2. The zero-order chi connectivity index (χ0) is 14.8. The molecule has 2 rings (SSSR count). The van der Waals surface area contributed by atoms with E-state index >= 15 is 0 Å². The maximum atomic E-state index is 4.84. The SMILES string of the molecule is CNCc1c(C)cc(C)nc1N1CCSC(C)(C)CC1. The lowest BCUT2D eigenvalue weighted by molar-refractivity contribution is 0.632. The van der Waals surface area contributed by atoms with Crippen LogP contribution in [0.2, 0.25) is 0 Å². The molecule has 0 radical (unpaired) electrons. The van der Waals surface area contributed by atoms with Crippen LogP contribution in [-0.4, -0.2) is 35.6 Å². The Morgan fingerprint density at radius 2 is 2.10 bits per heavy atom. The molecule has 112 valence electrons. The normalized spacial score (nSPS) is 18.9. The quantitative estimate of drug-likeness (QED) is 0.927. The van der Waals surface area contributed by atoms with E-state index in [0.717, 1.165) is 25.3 Å². The van der Waals surface area contributed by atoms with Crippen molar-refractivity contribution in [3.05, 3.63) is 22.9 Å². The topological polar surface area (TPSA) is 28.2 Å². The Morgan fingerprint density at radius 1 is 1.35 bits per heavy atom. The van der Waals surface area contributed by atoms with Crippen LogP contribution in [-0.2, 0) is 6.54 Å². The predicted octanol–water partition coefficient (Wildman–Crippen LogP) is 3.14. The van der Waals surface area contributed by atoms with E-state index in [1.54, 1.807) is 0 Å². The highest BCUT2D eigenvalue weighted by Gasteiger charge is 2.25. The van der Waals surface area contributed by atoms with Gasteiger partial charge in [0, 0.05) is 41.4 Å². The zero-order valence-electron chi connectivity index (χ0n) is 13.4. The summed E-state index contributed by atoms with van der Waals surface area (Å²) in [4.78, 5) is 7.32. The van der Waals surface area contributed by atoms with Gasteiger partial charge in [-0.15, -0.1) is 0 Å². The minimum atomic E-state index is 0.386. The summed E-state index contributed by atoms with van der Waals surface area (Å²) < 4.78 is 0.386. The first-order valence-corrected chi connectivity index (χ1v) is 8.42. The highest BCUT2D eigenvalue weighted by molar-refractivity contribution is 8.00. The van der Waals surface area contributed by atoms with Crippen molar-refractivity contribution in [2.45, 2.75) is 45.4 Å². The molecule has 1 aromatic rings. The fraction of sp³-hybridized carbons (Fsp3) is 0.688. The molecule has 1 saturated heterocycles. The third-order valence-corrected chi connectivity index (χ3v) is 5.32. The van der Waals surface area contributed by atoms with Gasteiger partial charge in [-0.3, -0.25) is 0 Å². The summed E-state index contributed by atoms with van der Waals surface area (Å²) >= 11 is 2.08. The highest BCUT2D eigenvalue weighted by atomic mass is 32.2. The summed E-state index contributed by atoms with van der Waals surface area (Å²) in [6, 6.07) is 2.19. The summed E-state index contributed by atoms with van der Waals surface area (Å²) in [5.74, 6) is 2.37. The van der Waals surface area contributed by atoms with Crippen LogP contribution in [0.5, 0.6) is 0 Å². The molecule has 0 aromatic carbocycles. The Labute approximate surface area is 127 Å². The minimum Gasteiger partial charge on any atom is -0.355 e. The Morgan fingerprint density at radius 3 is 2.80 bits per heavy atom. The van der Waals surface area contributed by atoms with E-state index in [9.17, 15) is 0 Å². The molecular formula is C16H27N3S. The van der Waals surface area contributed by atoms with E-state index in [4.69, 9.17) is 4.98 Å². The lowest BCUT2D eigenvalue weighted by atomic mass is 10.1. The van der Waals surface area contributed by atoms with Crippen LogP contribution >= 0.6 is 11.8 Å². The summed E-state index contributed by atoms with van der Waals surface area (Å²) in [6.07, 6.45) is 1.21. The number of nitrogens with zero attached hydrogens (tertiary/aromatic N) is 2. The maximum absolute atomic E-state index is 4.84. The summed E-state index contributed by atoms with van der Waals surface area (Å²) in [7, 11) is 2.00. The van der Waals surface area contributed by atoms with Crippen molar-refractivity contribution in [2.75, 3.05) is 30.8 Å². The maximum Gasteiger partial charge on any atom is 0.133 e. The molecule has 2 heterocycles. The Hall–Kier alpha value is -0.740. The smallest absolute Gasteiger partial charge is 0.133 e. The molecule has 0 aliphatic carbocycles. The van der Waals surface area contributed by atoms with Gasteiger partial charge in [0.05, 0.1) is 0 Å². The average Bonchev–Trinajstić information content (AvgIpc) is 2.53. The largest absolute Gasteiger partial charge is 0.355 e. The molecule has 1 fully saturated rings. The third-order valence-electron chi connectivity index (χ3n) is 3.94. The van der Waals surface area contributed by atoms with Gasteiger partial charge < -0.3 is 10.2 Å². The van der Waals surface area contributed by atoms with Crippen molar-refractivity contribution in [3.8, 4) is 0 Å². The summed E-state index contributed by atoms with van der Waals surface area (Å²) in [5, 5.41) is 3.28. The van der Waals surface area contributed by atoms with E-state index < -0.39 is 0 Å². The molecule has 0 atom stereocenters. The second-order valence-electron chi connectivity index (χ2n) is 6.26. The molecule has 3 nitrogen and oxygen atoms in total. The first-order valence-electron chi connectivity index (χ1n) is 7.43. The van der Waals surface area contributed by atoms with Gasteiger partial charge in [-0.25, -0.2) is 4.98 Å². The van der Waals surface area contributed by atoms with Crippen molar-refractivity contribution in [3.63, 3.8) is 0 Å². The van der Waals surface area contributed by atoms with Crippen LogP contribution in [0.3, 0.4) is 0 Å². The number of hydrogen-bond donors (Lipinski definition) is 1. The first kappa shape index (κ1) is 15.6. The van der Waals surface area contributed by atoms with Crippen molar-refractivity contribution in [1.29, 1.82) is 0 Å². The molecule has 1 aliphatic heterocycles. The Balaban J connectivity index is 2.31. The van der Waals surface area contributed by atoms with Gasteiger partial charge in [-0.05, 0) is 38.9 Å². The van der Waals surface area contributed by atoms with Crippen molar-refractivity contribution in [1.82, 2.24) is 10.3 Å². The van der Waals surface area contributed by atoms with E-state index in [1.807, 2.05) is 7.05 Å². The standard InChI is InChI=1S/C16H27N3S/c1-12-10-13(2)18-15(14(12)11-17-5)19-7-6-16(3,4)20-9-8-19/h10,17H,6-9,11H2,1-5H3. The molecular weight excluding hydrogens is 266 g/mol. The minimum absolute atomic E-state index is 0.386. The molecule has 0 unspecified atom stereocenters. The van der Waals surface area contributed by atoms with Gasteiger partial charge in [-0.1, -0.05) is 13.8 Å². The lowest BCUT2D eigenvalue weighted by Gasteiger charge is -2.26. The highest BCUT2D eigenvalue weighted by Crippen LogP contribution is 2.33. The van der Waals surface area contributed by atoms with Gasteiger partial charge in [0.15, 0.2) is 0 Å². The van der Waals surface area contributed by atoms with E-state index in [-0.39, 0.29) is 0 Å². The van der Waals surface area contributed by atoms with E-state index in [1.165, 1.54) is 29.1 Å². The lowest BCUT2D eigenvalue weighted by Crippen LogP contribution is -2.30. The molecule has 0 spiro atoms. The van der Waals surface area contributed by atoms with E-state index in [2.05, 4.69) is 55.7 Å². The molecule has 1 N–H and O–H groups in total. The molecule has 1 aromatic heterocycles. The van der Waals surface area contributed by atoms with Gasteiger partial charge in [0.2, 0.25) is 0 Å². The molecule has 0 amide bonds. The predicted molar refractivity (Wildman–Crippen MR) is 89.8 cm³/mol. The Bertz CT molecular complexity index is 471. The molecule has 0 bridgehead atoms. The first-order chi connectivity index (χ1) is 9.43. The second-order valence-corrected chi connectivity index (χ2v) is 8.06. The summed E-state index contributed by atoms with van der Waals surface area (Å²) in [6.45, 7) is 12.1. The van der Waals surface area contributed by atoms with Crippen molar-refractivity contribution >= 4 is 17.6 Å². The molecule has 1 aliphatic rings. The number of nitrogens with one attached hydrogen (secondary N) is 1. The van der Waals surface area contributed by atoms with Crippen LogP contribution < -0.4 is 10.2 Å². The van der Waals surface area contributed by atoms with Crippen molar-refractivity contribution in [2.24, 2.45) is 0 Å². The van der Waals surface area contributed by atoms with Crippen LogP contribution in [0.4, 0.5) is 5.82 Å². The number of pyridine rings is 1. The fourth-order valence-electron chi connectivity index (χ4n) is 2.73. The van der Waals surface area contributed by atoms with Crippen LogP contribution in [0.1, 0.15) is 37.1 Å². The monoisotopic (exact) mass is 293 g/mol. The van der Waals surface area contributed by atoms with Crippen LogP contribution in [0.15, 0.2) is 6.07 Å². The molecule has 4 heteroatoms. The van der Waals surface area contributed by atoms with Gasteiger partial charge in [-0.2, -0.15) is 11.8 Å². The number of rotatable bonds is 3. The van der Waals surface area contributed by atoms with E-state index in [0.29, 0.717) is 4.75 Å². The summed E-state index contributed by atoms with van der Waals surface area (Å²) in [5.41, 5.74) is 3.81. The molecule has 0 saturated carbocycles.